The Bertz CT molecular complexity index is 773. The molecule has 0 aliphatic heterocycles. The lowest BCUT2D eigenvalue weighted by Gasteiger charge is -2.59. The smallest absolute Gasteiger partial charge is 0.303 e. The fourth-order valence-electron chi connectivity index (χ4n) is 7.62. The van der Waals surface area contributed by atoms with Crippen LogP contribution in [0.25, 0.3) is 0 Å². The second-order valence-corrected chi connectivity index (χ2v) is 10.0. The van der Waals surface area contributed by atoms with Gasteiger partial charge >= 0.3 is 5.97 Å². The Morgan fingerprint density at radius 1 is 1.11 bits per heavy atom. The van der Waals surface area contributed by atoms with Gasteiger partial charge in [0.2, 0.25) is 0 Å². The topological polar surface area (TPSA) is 60.4 Å². The zero-order valence-corrected chi connectivity index (χ0v) is 17.3. The minimum atomic E-state index is -1.10. The van der Waals surface area contributed by atoms with E-state index in [9.17, 15) is 14.4 Å². The monoisotopic (exact) mass is 390 g/mol. The summed E-state index contributed by atoms with van der Waals surface area (Å²) in [5.74, 6) is 0.158. The van der Waals surface area contributed by atoms with Crippen LogP contribution in [0.4, 0.5) is 4.39 Å². The number of carbonyl (C=O) groups excluding carboxylic acids is 3. The lowest BCUT2D eigenvalue weighted by Crippen LogP contribution is -2.59. The van der Waals surface area contributed by atoms with E-state index in [0.29, 0.717) is 37.2 Å². The van der Waals surface area contributed by atoms with Crippen LogP contribution in [0.15, 0.2) is 11.6 Å². The largest absolute Gasteiger partial charge is 0.451 e. The molecule has 7 atom stereocenters. The quantitative estimate of drug-likeness (QED) is 0.658. The number of Topliss-reactive ketones (excluding diaryl/α,β-unsaturated/α-hetero) is 1. The highest BCUT2D eigenvalue weighted by Crippen LogP contribution is 2.68. The Morgan fingerprint density at radius 2 is 1.79 bits per heavy atom. The van der Waals surface area contributed by atoms with Crippen LogP contribution < -0.4 is 0 Å². The molecule has 0 amide bonds. The predicted octanol–water partition coefficient (Wildman–Crippen LogP) is 4.36. The van der Waals surface area contributed by atoms with Gasteiger partial charge in [0, 0.05) is 18.8 Å². The van der Waals surface area contributed by atoms with Crippen LogP contribution in [0.3, 0.4) is 0 Å². The number of rotatable bonds is 2. The molecule has 0 radical (unpaired) electrons. The first-order chi connectivity index (χ1) is 13.0. The summed E-state index contributed by atoms with van der Waals surface area (Å²) in [4.78, 5) is 36.5. The Balaban J connectivity index is 1.73. The molecule has 3 saturated carbocycles. The zero-order valence-electron chi connectivity index (χ0n) is 17.3. The van der Waals surface area contributed by atoms with Gasteiger partial charge in [0.15, 0.2) is 17.2 Å². The Morgan fingerprint density at radius 3 is 2.43 bits per heavy atom. The van der Waals surface area contributed by atoms with E-state index in [0.717, 1.165) is 19.3 Å². The molecule has 4 nitrogen and oxygen atoms in total. The van der Waals surface area contributed by atoms with Crippen molar-refractivity contribution in [3.05, 3.63) is 11.6 Å². The van der Waals surface area contributed by atoms with E-state index < -0.39 is 23.2 Å². The molecule has 0 bridgehead atoms. The average Bonchev–Trinajstić information content (AvgIpc) is 2.90. The number of carbonyl (C=O) groups is 3. The molecular weight excluding hydrogens is 359 g/mol. The minimum absolute atomic E-state index is 0.0422. The summed E-state index contributed by atoms with van der Waals surface area (Å²) >= 11 is 0. The molecule has 0 N–H and O–H groups in total. The number of alkyl halides is 1. The number of hydrogen-bond donors (Lipinski definition) is 0. The molecule has 28 heavy (non-hydrogen) atoms. The first-order valence-corrected chi connectivity index (χ1v) is 10.6. The second-order valence-electron chi connectivity index (χ2n) is 10.0. The molecule has 0 aromatic rings. The van der Waals surface area contributed by atoms with Crippen molar-refractivity contribution in [1.82, 2.24) is 0 Å². The summed E-state index contributed by atoms with van der Waals surface area (Å²) in [7, 11) is 0. The van der Waals surface area contributed by atoms with E-state index in [4.69, 9.17) is 4.74 Å². The highest BCUT2D eigenvalue weighted by molar-refractivity contribution is 5.92. The van der Waals surface area contributed by atoms with Crippen LogP contribution in [-0.4, -0.2) is 29.3 Å². The summed E-state index contributed by atoms with van der Waals surface area (Å²) < 4.78 is 21.0. The standard InChI is InChI=1S/C23H31FO4/c1-13(25)23(28-14(2)26)10-7-18-16-12-20(24)19-11-15(27)5-8-21(19,3)17(16)6-9-22(18,23)4/h11,16-18,20H,5-10,12H2,1-4H3. The van der Waals surface area contributed by atoms with Gasteiger partial charge in [-0.25, -0.2) is 4.39 Å². The molecule has 5 heteroatoms. The normalized spacial score (nSPS) is 47.5. The van der Waals surface area contributed by atoms with Crippen molar-refractivity contribution in [2.24, 2.45) is 28.6 Å². The summed E-state index contributed by atoms with van der Waals surface area (Å²) in [6.45, 7) is 7.10. The van der Waals surface area contributed by atoms with Gasteiger partial charge < -0.3 is 4.74 Å². The maximum atomic E-state index is 15.3. The van der Waals surface area contributed by atoms with Gasteiger partial charge in [-0.1, -0.05) is 13.8 Å². The Labute approximate surface area is 166 Å². The molecule has 0 heterocycles. The number of allylic oxidation sites excluding steroid dienone is 1. The molecule has 4 aliphatic carbocycles. The van der Waals surface area contributed by atoms with Crippen LogP contribution in [0.5, 0.6) is 0 Å². The highest BCUT2D eigenvalue weighted by Gasteiger charge is 2.68. The molecule has 0 saturated heterocycles. The number of fused-ring (bicyclic) bond motifs is 5. The number of ketones is 2. The van der Waals surface area contributed by atoms with Crippen molar-refractivity contribution < 1.29 is 23.5 Å². The first-order valence-electron chi connectivity index (χ1n) is 10.6. The molecule has 0 aromatic heterocycles. The van der Waals surface area contributed by atoms with Crippen molar-refractivity contribution in [3.8, 4) is 0 Å². The van der Waals surface area contributed by atoms with E-state index in [2.05, 4.69) is 13.8 Å². The molecule has 0 aromatic carbocycles. The van der Waals surface area contributed by atoms with Crippen LogP contribution in [-0.2, 0) is 19.1 Å². The Kier molecular flexibility index (Phi) is 4.41. The molecule has 7 unspecified atom stereocenters. The lowest BCUT2D eigenvalue weighted by molar-refractivity contribution is -0.188. The predicted molar refractivity (Wildman–Crippen MR) is 102 cm³/mol. The van der Waals surface area contributed by atoms with Crippen LogP contribution in [0.2, 0.25) is 0 Å². The van der Waals surface area contributed by atoms with Gasteiger partial charge in [0.25, 0.3) is 0 Å². The lowest BCUT2D eigenvalue weighted by atomic mass is 9.46. The number of esters is 1. The van der Waals surface area contributed by atoms with Crippen molar-refractivity contribution in [2.45, 2.75) is 84.4 Å². The van der Waals surface area contributed by atoms with E-state index in [1.807, 2.05) is 0 Å². The van der Waals surface area contributed by atoms with E-state index >= 15 is 4.39 Å². The molecule has 4 aliphatic rings. The molecule has 0 spiro atoms. The van der Waals surface area contributed by atoms with Crippen LogP contribution >= 0.6 is 0 Å². The van der Waals surface area contributed by atoms with Gasteiger partial charge in [-0.2, -0.15) is 0 Å². The SMILES string of the molecule is CC(=O)OC1(C(C)=O)CCC2C3CC(F)C4=CC(=O)CCC4(C)C3CCC21C. The van der Waals surface area contributed by atoms with Gasteiger partial charge in [-0.05, 0) is 80.3 Å². The maximum absolute atomic E-state index is 15.3. The van der Waals surface area contributed by atoms with Crippen molar-refractivity contribution in [3.63, 3.8) is 0 Å². The maximum Gasteiger partial charge on any atom is 0.303 e. The zero-order chi connectivity index (χ0) is 20.5. The van der Waals surface area contributed by atoms with Crippen molar-refractivity contribution >= 4 is 17.5 Å². The third-order valence-corrected chi connectivity index (χ3v) is 8.94. The molecule has 3 fully saturated rings. The summed E-state index contributed by atoms with van der Waals surface area (Å²) in [5.41, 5.74) is -1.11. The number of hydrogen-bond acceptors (Lipinski definition) is 4. The number of ether oxygens (including phenoxy) is 1. The van der Waals surface area contributed by atoms with E-state index in [-0.39, 0.29) is 28.8 Å². The van der Waals surface area contributed by atoms with Crippen LogP contribution in [0, 0.1) is 28.6 Å². The third-order valence-electron chi connectivity index (χ3n) is 8.94. The van der Waals surface area contributed by atoms with Gasteiger partial charge in [0.05, 0.1) is 0 Å². The summed E-state index contributed by atoms with van der Waals surface area (Å²) in [5, 5.41) is 0. The molecule has 4 rings (SSSR count). The van der Waals surface area contributed by atoms with Crippen molar-refractivity contribution in [1.29, 1.82) is 0 Å². The average molecular weight is 390 g/mol. The Hall–Kier alpha value is -1.52. The van der Waals surface area contributed by atoms with Crippen LogP contribution in [0.1, 0.15) is 72.6 Å². The van der Waals surface area contributed by atoms with Crippen molar-refractivity contribution in [2.75, 3.05) is 0 Å². The second kappa shape index (κ2) is 6.24. The first kappa shape index (κ1) is 19.8. The minimum Gasteiger partial charge on any atom is -0.451 e. The third kappa shape index (κ3) is 2.43. The number of halogens is 1. The summed E-state index contributed by atoms with van der Waals surface area (Å²) in [6.07, 6.45) is 5.07. The fourth-order valence-corrected chi connectivity index (χ4v) is 7.62. The van der Waals surface area contributed by atoms with Gasteiger partial charge in [-0.15, -0.1) is 0 Å². The summed E-state index contributed by atoms with van der Waals surface area (Å²) in [6, 6.07) is 0. The fraction of sp³-hybridized carbons (Fsp3) is 0.783. The van der Waals surface area contributed by atoms with E-state index in [1.165, 1.54) is 13.8 Å². The molecule has 154 valence electrons. The highest BCUT2D eigenvalue weighted by atomic mass is 19.1. The van der Waals surface area contributed by atoms with E-state index in [1.54, 1.807) is 6.08 Å². The molecular formula is C23H31FO4. The van der Waals surface area contributed by atoms with Gasteiger partial charge in [0.1, 0.15) is 6.17 Å². The van der Waals surface area contributed by atoms with Gasteiger partial charge in [-0.3, -0.25) is 14.4 Å².